The monoisotopic (exact) mass is 483 g/mol. The van der Waals surface area contributed by atoms with Crippen molar-refractivity contribution < 1.29 is 14.3 Å². The van der Waals surface area contributed by atoms with Crippen LogP contribution in [0.1, 0.15) is 43.5 Å². The van der Waals surface area contributed by atoms with E-state index in [9.17, 15) is 9.59 Å². The van der Waals surface area contributed by atoms with Crippen LogP contribution in [0.3, 0.4) is 0 Å². The molecule has 0 bridgehead atoms. The van der Waals surface area contributed by atoms with Crippen molar-refractivity contribution >= 4 is 28.4 Å². The number of carbonyl (C=O) groups is 1. The maximum absolute atomic E-state index is 13.7. The number of hydrogen-bond donors (Lipinski definition) is 0. The number of piperidine rings is 1. The van der Waals surface area contributed by atoms with Crippen molar-refractivity contribution in [2.45, 2.75) is 45.8 Å². The van der Waals surface area contributed by atoms with Crippen molar-refractivity contribution in [3.8, 4) is 5.75 Å². The average Bonchev–Trinajstić information content (AvgIpc) is 2.82. The summed E-state index contributed by atoms with van der Waals surface area (Å²) in [5, 5.41) is 0.949. The van der Waals surface area contributed by atoms with Gasteiger partial charge in [0.05, 0.1) is 16.8 Å². The van der Waals surface area contributed by atoms with Crippen LogP contribution in [0.2, 0.25) is 5.15 Å². The minimum atomic E-state index is -0.789. The Morgan fingerprint density at radius 2 is 1.88 bits per heavy atom. The lowest BCUT2D eigenvalue weighted by Crippen LogP contribution is -2.48. The number of nitrogens with zero attached hydrogens (tertiary/aromatic N) is 3. The van der Waals surface area contributed by atoms with Crippen LogP contribution in [-0.2, 0) is 28.8 Å². The second kappa shape index (κ2) is 9.76. The SMILES string of the molecule is CCOC1(c2cc3c(Cl)nc(C)c(OCc4ccccc4)c3n(C)c2=O)CCN(C(C)=O)CC1. The van der Waals surface area contributed by atoms with E-state index in [2.05, 4.69) is 4.98 Å². The Morgan fingerprint density at radius 1 is 1.21 bits per heavy atom. The molecular weight excluding hydrogens is 454 g/mol. The first-order chi connectivity index (χ1) is 16.3. The molecule has 7 nitrogen and oxygen atoms in total. The molecule has 1 amide bonds. The predicted octanol–water partition coefficient (Wildman–Crippen LogP) is 4.35. The maximum atomic E-state index is 13.7. The molecule has 3 heterocycles. The molecule has 1 aliphatic rings. The number of benzene rings is 1. The summed E-state index contributed by atoms with van der Waals surface area (Å²) in [5.74, 6) is 0.561. The average molecular weight is 484 g/mol. The highest BCUT2D eigenvalue weighted by molar-refractivity contribution is 6.34. The number of likely N-dealkylation sites (tertiary alicyclic amines) is 1. The van der Waals surface area contributed by atoms with E-state index in [1.54, 1.807) is 29.5 Å². The summed E-state index contributed by atoms with van der Waals surface area (Å²) in [6, 6.07) is 11.6. The predicted molar refractivity (Wildman–Crippen MR) is 132 cm³/mol. The highest BCUT2D eigenvalue weighted by Crippen LogP contribution is 2.39. The Balaban J connectivity index is 1.82. The lowest BCUT2D eigenvalue weighted by atomic mass is 9.84. The molecule has 3 aromatic rings. The van der Waals surface area contributed by atoms with Crippen LogP contribution in [-0.4, -0.2) is 40.1 Å². The molecule has 8 heteroatoms. The van der Waals surface area contributed by atoms with Gasteiger partial charge in [0.1, 0.15) is 17.4 Å². The van der Waals surface area contributed by atoms with Crippen LogP contribution in [0, 0.1) is 6.92 Å². The van der Waals surface area contributed by atoms with Gasteiger partial charge in [0.15, 0.2) is 5.75 Å². The Hall–Kier alpha value is -2.90. The highest BCUT2D eigenvalue weighted by Gasteiger charge is 2.40. The number of amides is 1. The summed E-state index contributed by atoms with van der Waals surface area (Å²) in [6.45, 7) is 7.16. The van der Waals surface area contributed by atoms with E-state index in [1.165, 1.54) is 0 Å². The molecule has 0 saturated carbocycles. The van der Waals surface area contributed by atoms with E-state index >= 15 is 0 Å². The molecule has 1 aromatic carbocycles. The van der Waals surface area contributed by atoms with Gasteiger partial charge in [-0.15, -0.1) is 0 Å². The quantitative estimate of drug-likeness (QED) is 0.487. The first-order valence-corrected chi connectivity index (χ1v) is 11.9. The van der Waals surface area contributed by atoms with Crippen LogP contribution < -0.4 is 10.3 Å². The Morgan fingerprint density at radius 3 is 2.50 bits per heavy atom. The fourth-order valence-corrected chi connectivity index (χ4v) is 5.05. The number of aryl methyl sites for hydroxylation is 2. The second-order valence-electron chi connectivity index (χ2n) is 8.71. The van der Waals surface area contributed by atoms with Crippen molar-refractivity contribution in [3.05, 3.63) is 68.7 Å². The number of pyridine rings is 2. The topological polar surface area (TPSA) is 73.7 Å². The molecular formula is C26H30ClN3O4. The standard InChI is InChI=1S/C26H30ClN3O4/c1-5-34-26(11-13-30(14-12-26)18(3)31)21-15-20-22(29(4)25(21)32)23(17(2)28-24(20)27)33-16-19-9-7-6-8-10-19/h6-10,15H,5,11-14,16H2,1-4H3. The van der Waals surface area contributed by atoms with Gasteiger partial charge < -0.3 is 18.9 Å². The molecule has 0 unspecified atom stereocenters. The van der Waals surface area contributed by atoms with Crippen LogP contribution in [0.4, 0.5) is 0 Å². The molecule has 1 fully saturated rings. The van der Waals surface area contributed by atoms with Gasteiger partial charge >= 0.3 is 0 Å². The van der Waals surface area contributed by atoms with Crippen LogP contribution >= 0.6 is 11.6 Å². The van der Waals surface area contributed by atoms with Crippen molar-refractivity contribution in [1.82, 2.24) is 14.5 Å². The number of aromatic nitrogens is 2. The Labute approximate surface area is 204 Å². The number of hydrogen-bond acceptors (Lipinski definition) is 5. The third kappa shape index (κ3) is 4.42. The zero-order valence-electron chi connectivity index (χ0n) is 20.1. The molecule has 0 spiro atoms. The van der Waals surface area contributed by atoms with Gasteiger partial charge in [-0.3, -0.25) is 9.59 Å². The number of fused-ring (bicyclic) bond motifs is 1. The van der Waals surface area contributed by atoms with E-state index in [1.807, 2.05) is 44.2 Å². The zero-order valence-corrected chi connectivity index (χ0v) is 20.8. The fraction of sp³-hybridized carbons (Fsp3) is 0.423. The number of carbonyl (C=O) groups excluding carboxylic acids is 1. The molecule has 0 atom stereocenters. The van der Waals surface area contributed by atoms with Crippen LogP contribution in [0.25, 0.3) is 10.9 Å². The normalized spacial score (nSPS) is 15.5. The number of ether oxygens (including phenoxy) is 2. The molecule has 180 valence electrons. The molecule has 0 radical (unpaired) electrons. The van der Waals surface area contributed by atoms with E-state index < -0.39 is 5.60 Å². The summed E-state index contributed by atoms with van der Waals surface area (Å²) in [5.41, 5.74) is 1.82. The van der Waals surface area contributed by atoms with E-state index in [0.717, 1.165) is 5.56 Å². The highest BCUT2D eigenvalue weighted by atomic mass is 35.5. The first-order valence-electron chi connectivity index (χ1n) is 11.5. The maximum Gasteiger partial charge on any atom is 0.257 e. The first kappa shape index (κ1) is 24.2. The number of rotatable bonds is 6. The molecule has 1 saturated heterocycles. The van der Waals surface area contributed by atoms with E-state index in [4.69, 9.17) is 21.1 Å². The van der Waals surface area contributed by atoms with E-state index in [-0.39, 0.29) is 11.5 Å². The van der Waals surface area contributed by atoms with Crippen LogP contribution in [0.15, 0.2) is 41.2 Å². The third-order valence-electron chi connectivity index (χ3n) is 6.60. The summed E-state index contributed by atoms with van der Waals surface area (Å²) in [4.78, 5) is 31.9. The van der Waals surface area contributed by atoms with Gasteiger partial charge in [-0.25, -0.2) is 4.98 Å². The van der Waals surface area contributed by atoms with E-state index in [0.29, 0.717) is 72.2 Å². The van der Waals surface area contributed by atoms with Crippen molar-refractivity contribution in [1.29, 1.82) is 0 Å². The summed E-state index contributed by atoms with van der Waals surface area (Å²) in [6.07, 6.45) is 1.07. The van der Waals surface area contributed by atoms with Gasteiger partial charge in [-0.2, -0.15) is 0 Å². The zero-order chi connectivity index (χ0) is 24.5. The van der Waals surface area contributed by atoms with Gasteiger partial charge in [0.25, 0.3) is 5.56 Å². The minimum Gasteiger partial charge on any atom is -0.485 e. The van der Waals surface area contributed by atoms with Crippen molar-refractivity contribution in [3.63, 3.8) is 0 Å². The summed E-state index contributed by atoms with van der Waals surface area (Å²) >= 11 is 6.60. The lowest BCUT2D eigenvalue weighted by Gasteiger charge is -2.41. The molecule has 0 aliphatic carbocycles. The van der Waals surface area contributed by atoms with Gasteiger partial charge in [-0.1, -0.05) is 41.9 Å². The van der Waals surface area contributed by atoms with Crippen molar-refractivity contribution in [2.24, 2.45) is 7.05 Å². The van der Waals surface area contributed by atoms with Gasteiger partial charge in [-0.05, 0) is 38.3 Å². The molecule has 1 aliphatic heterocycles. The molecule has 2 aromatic heterocycles. The number of halogens is 1. The Bertz CT molecular complexity index is 1260. The van der Waals surface area contributed by atoms with Crippen molar-refractivity contribution in [2.75, 3.05) is 19.7 Å². The molecule has 34 heavy (non-hydrogen) atoms. The largest absolute Gasteiger partial charge is 0.485 e. The Kier molecular flexibility index (Phi) is 6.96. The lowest BCUT2D eigenvalue weighted by molar-refractivity contribution is -0.136. The van der Waals surface area contributed by atoms with Crippen LogP contribution in [0.5, 0.6) is 5.75 Å². The summed E-state index contributed by atoms with van der Waals surface area (Å²) in [7, 11) is 1.73. The molecule has 4 rings (SSSR count). The summed E-state index contributed by atoms with van der Waals surface area (Å²) < 4.78 is 14.0. The minimum absolute atomic E-state index is 0.0273. The fourth-order valence-electron chi connectivity index (χ4n) is 4.78. The third-order valence-corrected chi connectivity index (χ3v) is 6.89. The molecule has 0 N–H and O–H groups in total. The van der Waals surface area contributed by atoms with Gasteiger partial charge in [0.2, 0.25) is 5.91 Å². The second-order valence-corrected chi connectivity index (χ2v) is 9.07. The van der Waals surface area contributed by atoms with Gasteiger partial charge in [0, 0.05) is 39.1 Å². The smallest absolute Gasteiger partial charge is 0.257 e.